The Kier molecular flexibility index (Phi) is 18.1. The quantitative estimate of drug-likeness (QED) is 0.0640. The molecule has 0 bridgehead atoms. The summed E-state index contributed by atoms with van der Waals surface area (Å²) in [7, 11) is 0. The van der Waals surface area contributed by atoms with Crippen molar-refractivity contribution in [2.45, 2.75) is 61.4 Å². The van der Waals surface area contributed by atoms with Gasteiger partial charge in [0.2, 0.25) is 64.1 Å². The molecule has 10 atom stereocenters. The van der Waals surface area contributed by atoms with E-state index in [0.717, 1.165) is 0 Å². The molecule has 44 nitrogen and oxygen atoms in total. The fourth-order valence-corrected chi connectivity index (χ4v) is 12.5. The summed E-state index contributed by atoms with van der Waals surface area (Å²) < 4.78 is 61.3. The minimum atomic E-state index is -2.98. The summed E-state index contributed by atoms with van der Waals surface area (Å²) in [6.07, 6.45) is -26.0. The molecular formula is C68H48O44. The molecule has 0 spiro atoms. The van der Waals surface area contributed by atoms with Crippen LogP contribution in [-0.2, 0) is 47.4 Å². The van der Waals surface area contributed by atoms with Crippen molar-refractivity contribution >= 4 is 47.8 Å². The van der Waals surface area contributed by atoms with Gasteiger partial charge in [0.1, 0.15) is 37.1 Å². The van der Waals surface area contributed by atoms with E-state index >= 15 is 4.79 Å². The molecule has 2 fully saturated rings. The molecule has 0 saturated carbocycles. The Balaban J connectivity index is 0.871. The molecule has 5 heterocycles. The number of aromatic hydroxyl groups is 23. The van der Waals surface area contributed by atoms with Crippen molar-refractivity contribution in [3.63, 3.8) is 0 Å². The van der Waals surface area contributed by atoms with Gasteiger partial charge in [-0.2, -0.15) is 0 Å². The zero-order valence-corrected chi connectivity index (χ0v) is 54.8. The Hall–Kier alpha value is -15.4. The number of hydrogen-bond donors (Lipinski definition) is 25. The molecule has 0 amide bonds. The van der Waals surface area contributed by atoms with Gasteiger partial charge < -0.3 is 180 Å². The second-order valence-electron chi connectivity index (χ2n) is 24.6. The number of hydrogen-bond acceptors (Lipinski definition) is 44. The van der Waals surface area contributed by atoms with Crippen LogP contribution in [0.4, 0.5) is 0 Å². The van der Waals surface area contributed by atoms with Crippen LogP contribution in [0.3, 0.4) is 0 Å². The maximum atomic E-state index is 15.1. The number of phenolic OH excluding ortho intramolecular Hbond substituents is 23. The molecule has 2 saturated heterocycles. The second kappa shape index (κ2) is 27.1. The molecular weight excluding hydrogens is 1520 g/mol. The largest absolute Gasteiger partial charge is 0.504 e. The number of rotatable bonds is 6. The number of esters is 8. The third kappa shape index (κ3) is 12.0. The molecule has 8 aromatic rings. The molecule has 0 radical (unpaired) electrons. The van der Waals surface area contributed by atoms with Crippen LogP contribution in [0.25, 0.3) is 33.4 Å². The number of phenols is 23. The highest BCUT2D eigenvalue weighted by atomic mass is 16.8. The van der Waals surface area contributed by atoms with Crippen molar-refractivity contribution in [3.8, 4) is 177 Å². The fourth-order valence-electron chi connectivity index (χ4n) is 12.5. The average molecular weight is 1570 g/mol. The molecule has 8 aromatic carbocycles. The summed E-state index contributed by atoms with van der Waals surface area (Å²) in [5, 5.41) is 274. The molecule has 13 rings (SSSR count). The Morgan fingerprint density at radius 2 is 0.643 bits per heavy atom. The molecule has 584 valence electrons. The highest BCUT2D eigenvalue weighted by Crippen LogP contribution is 2.58. The van der Waals surface area contributed by atoms with Gasteiger partial charge in [-0.05, 0) is 48.5 Å². The van der Waals surface area contributed by atoms with E-state index in [1.165, 1.54) is 0 Å². The van der Waals surface area contributed by atoms with E-state index in [2.05, 4.69) is 0 Å². The van der Waals surface area contributed by atoms with Crippen molar-refractivity contribution in [1.82, 2.24) is 0 Å². The second-order valence-corrected chi connectivity index (χ2v) is 24.6. The minimum absolute atomic E-state index is 0.181. The van der Waals surface area contributed by atoms with Gasteiger partial charge >= 0.3 is 47.8 Å². The Labute approximate surface area is 614 Å². The molecule has 0 aliphatic carbocycles. The number of carbonyl (C=O) groups is 8. The van der Waals surface area contributed by atoms with Crippen molar-refractivity contribution in [2.75, 3.05) is 13.2 Å². The number of benzene rings is 8. The third-order valence-electron chi connectivity index (χ3n) is 17.9. The van der Waals surface area contributed by atoms with Crippen LogP contribution in [0.5, 0.6) is 144 Å². The minimum Gasteiger partial charge on any atom is -0.504 e. The van der Waals surface area contributed by atoms with Crippen molar-refractivity contribution in [2.24, 2.45) is 0 Å². The van der Waals surface area contributed by atoms with E-state index in [-0.39, 0.29) is 12.1 Å². The van der Waals surface area contributed by atoms with Gasteiger partial charge in [0.05, 0.1) is 38.9 Å². The lowest BCUT2D eigenvalue weighted by atomic mass is 9.91. The van der Waals surface area contributed by atoms with Crippen molar-refractivity contribution < 1.29 is 218 Å². The van der Waals surface area contributed by atoms with Gasteiger partial charge in [0, 0.05) is 39.4 Å². The van der Waals surface area contributed by atoms with Crippen molar-refractivity contribution in [3.05, 3.63) is 99.1 Å². The van der Waals surface area contributed by atoms with Crippen LogP contribution in [0.2, 0.25) is 0 Å². The molecule has 112 heavy (non-hydrogen) atoms. The maximum Gasteiger partial charge on any atom is 0.344 e. The summed E-state index contributed by atoms with van der Waals surface area (Å²) >= 11 is 0. The van der Waals surface area contributed by atoms with Crippen LogP contribution < -0.4 is 4.74 Å². The Morgan fingerprint density at radius 3 is 1.04 bits per heavy atom. The zero-order chi connectivity index (χ0) is 81.5. The van der Waals surface area contributed by atoms with E-state index < -0.39 is 344 Å². The van der Waals surface area contributed by atoms with Crippen LogP contribution >= 0.6 is 0 Å². The van der Waals surface area contributed by atoms with Crippen LogP contribution in [-0.4, -0.2) is 250 Å². The van der Waals surface area contributed by atoms with E-state index in [0.29, 0.717) is 42.5 Å². The zero-order valence-electron chi connectivity index (χ0n) is 54.8. The summed E-state index contributed by atoms with van der Waals surface area (Å²) in [6, 6.07) is 3.02. The lowest BCUT2D eigenvalue weighted by Gasteiger charge is -2.44. The van der Waals surface area contributed by atoms with E-state index in [4.69, 9.17) is 52.1 Å². The third-order valence-corrected chi connectivity index (χ3v) is 17.9. The Bertz CT molecular complexity index is 5510. The van der Waals surface area contributed by atoms with Crippen molar-refractivity contribution in [1.29, 1.82) is 0 Å². The van der Waals surface area contributed by atoms with Crippen LogP contribution in [0, 0.1) is 0 Å². The van der Waals surface area contributed by atoms with Gasteiger partial charge in [0.25, 0.3) is 0 Å². The average Bonchev–Trinajstić information content (AvgIpc) is 1.24. The first-order valence-corrected chi connectivity index (χ1v) is 31.2. The summed E-state index contributed by atoms with van der Waals surface area (Å²) in [4.78, 5) is 116. The van der Waals surface area contributed by atoms with E-state index in [9.17, 15) is 161 Å². The standard InChI is InChI=1S/C68H48O44/c69-20-1-12(59(93)109-56-52(92)54-29(105-67(56)101)10-102-60(94)13-3-21(70)38(78)45(85)31(13)33-15(62(96)107-54)5-23(72)40(80)47(33)87)2-28(37(20)77)104-53-19(9-27(76)44(84)51(53)91)66(100)112-68-58-57(110-64(98)17-7-25(74)42(82)49(89)35(17)36-18(65(99)111-58)8-26(75)43(83)50(36)90)55-30(106-68)11-103-61(95)14-4-22(71)39(79)46(86)32(14)34-16(63(97)108-55)6-24(73)41(81)48(34)88/h1-9,29-30,52,54-58,67-92,101H,10-11H2/t29-,30-,52+,54-,55-,56-,57+,58-,67?,68-/m1/s1. The number of carbonyl (C=O) groups excluding carboxylic acids is 8. The predicted molar refractivity (Wildman–Crippen MR) is 344 cm³/mol. The first-order valence-electron chi connectivity index (χ1n) is 31.2. The molecule has 5 aliphatic heterocycles. The fraction of sp³-hybridized carbons (Fsp3) is 0.176. The first-order chi connectivity index (χ1) is 52.7. The Morgan fingerprint density at radius 1 is 0.321 bits per heavy atom. The highest BCUT2D eigenvalue weighted by Gasteiger charge is 2.57. The monoisotopic (exact) mass is 1570 g/mol. The number of cyclic esters (lactones) is 2. The number of aliphatic hydroxyl groups excluding tert-OH is 2. The summed E-state index contributed by atoms with van der Waals surface area (Å²) in [6.45, 7) is -2.69. The highest BCUT2D eigenvalue weighted by molar-refractivity contribution is 6.12. The number of ether oxygens (including phenoxy) is 11. The molecule has 25 N–H and O–H groups in total. The van der Waals surface area contributed by atoms with Gasteiger partial charge in [-0.25, -0.2) is 38.4 Å². The van der Waals surface area contributed by atoms with Gasteiger partial charge in [0.15, 0.2) is 123 Å². The lowest BCUT2D eigenvalue weighted by Crippen LogP contribution is -2.63. The van der Waals surface area contributed by atoms with Gasteiger partial charge in [-0.1, -0.05) is 0 Å². The van der Waals surface area contributed by atoms with E-state index in [1.807, 2.05) is 0 Å². The first kappa shape index (κ1) is 74.8. The number of fused-ring (bicyclic) bond motifs is 13. The summed E-state index contributed by atoms with van der Waals surface area (Å²) in [5.41, 5.74) is -16.6. The molecule has 44 heteroatoms. The van der Waals surface area contributed by atoms with Crippen LogP contribution in [0.15, 0.2) is 54.6 Å². The van der Waals surface area contributed by atoms with E-state index in [1.54, 1.807) is 0 Å². The normalized spacial score (nSPS) is 21.3. The summed E-state index contributed by atoms with van der Waals surface area (Å²) in [5.74, 6) is -52.0. The topological polar surface area (TPSA) is 744 Å². The number of aliphatic hydroxyl groups is 2. The smallest absolute Gasteiger partial charge is 0.344 e. The van der Waals surface area contributed by atoms with Crippen LogP contribution in [0.1, 0.15) is 82.9 Å². The molecule has 0 aromatic heterocycles. The molecule has 5 aliphatic rings. The van der Waals surface area contributed by atoms with Gasteiger partial charge in [-0.3, -0.25) is 0 Å². The SMILES string of the molecule is O=C(O[C@H]1C(O)O[C@@H]2COC(=O)c3cc(O)c(O)c(O)c3-c3c(cc(O)c(O)c3O)C(=O)O[C@H]2[C@@H]1O)c1cc(O)c(O)c(Oc2c(C(=O)O[C@H]3O[C@@H]4COC(=O)c5cc(O)c(O)c(O)c5-c5c(cc(O)c(O)c5O)C(=O)O[C@H]4[C@@H]4OC(=O)c5cc(O)c(O)c(O)c5-c5c(cc(O)c(O)c5O)C(=O)O[C@@H]34)cc(O)c(O)c2O)c1. The van der Waals surface area contributed by atoms with Gasteiger partial charge in [-0.15, -0.1) is 0 Å². The lowest BCUT2D eigenvalue weighted by molar-refractivity contribution is -0.284. The molecule has 1 unspecified atom stereocenters. The predicted octanol–water partition coefficient (Wildman–Crippen LogP) is 1.75. The maximum absolute atomic E-state index is 15.1.